The molecule has 0 bridgehead atoms. The predicted molar refractivity (Wildman–Crippen MR) is 127 cm³/mol. The van der Waals surface area contributed by atoms with Crippen molar-refractivity contribution in [3.8, 4) is 0 Å². The van der Waals surface area contributed by atoms with Crippen LogP contribution in [0.2, 0.25) is 0 Å². The second-order valence-corrected chi connectivity index (χ2v) is 7.95. The molecule has 2 aromatic heterocycles. The van der Waals surface area contributed by atoms with E-state index in [2.05, 4.69) is 69.0 Å². The fraction of sp³-hybridized carbons (Fsp3) is 0.500. The second kappa shape index (κ2) is 10.8. The number of aryl methyl sites for hydroxylation is 1. The van der Waals surface area contributed by atoms with Crippen molar-refractivity contribution < 1.29 is 0 Å². The average molecular weight is 499 g/mol. The Morgan fingerprint density at radius 2 is 2.11 bits per heavy atom. The maximum Gasteiger partial charge on any atom is 0.191 e. The highest BCUT2D eigenvalue weighted by atomic mass is 127. The molecule has 1 atom stereocenters. The number of thiophene rings is 1. The average Bonchev–Trinajstić information content (AvgIpc) is 3.21. The summed E-state index contributed by atoms with van der Waals surface area (Å²) in [6, 6.07) is 9.02. The fourth-order valence-corrected chi connectivity index (χ4v) is 4.00. The maximum atomic E-state index is 4.55. The van der Waals surface area contributed by atoms with E-state index in [9.17, 15) is 0 Å². The predicted octanol–water partition coefficient (Wildman–Crippen LogP) is 4.01. The summed E-state index contributed by atoms with van der Waals surface area (Å²) in [7, 11) is 1.84. The van der Waals surface area contributed by atoms with E-state index in [1.807, 2.05) is 24.6 Å². The summed E-state index contributed by atoms with van der Waals surface area (Å²) in [5.74, 6) is 2.48. The third kappa shape index (κ3) is 6.34. The lowest BCUT2D eigenvalue weighted by Crippen LogP contribution is -2.49. The number of pyridine rings is 1. The van der Waals surface area contributed by atoms with Gasteiger partial charge in [-0.2, -0.15) is 0 Å². The van der Waals surface area contributed by atoms with E-state index in [0.717, 1.165) is 44.3 Å². The van der Waals surface area contributed by atoms with Crippen LogP contribution in [0, 0.1) is 6.92 Å². The van der Waals surface area contributed by atoms with E-state index < -0.39 is 0 Å². The van der Waals surface area contributed by atoms with Gasteiger partial charge in [-0.3, -0.25) is 4.99 Å². The molecule has 7 heteroatoms. The fourth-order valence-electron chi connectivity index (χ4n) is 3.21. The third-order valence-corrected chi connectivity index (χ3v) is 5.99. The number of halogens is 1. The van der Waals surface area contributed by atoms with Crippen molar-refractivity contribution in [2.24, 2.45) is 4.99 Å². The molecule has 27 heavy (non-hydrogen) atoms. The molecule has 0 aliphatic carbocycles. The number of aliphatic imine (C=N–C) groups is 1. The van der Waals surface area contributed by atoms with Crippen LogP contribution in [0.25, 0.3) is 0 Å². The van der Waals surface area contributed by atoms with Gasteiger partial charge in [0.1, 0.15) is 5.82 Å². The van der Waals surface area contributed by atoms with Crippen LogP contribution in [0.4, 0.5) is 5.82 Å². The summed E-state index contributed by atoms with van der Waals surface area (Å²) in [4.78, 5) is 12.7. The zero-order valence-electron chi connectivity index (χ0n) is 16.3. The summed E-state index contributed by atoms with van der Waals surface area (Å²) in [6.07, 6.45) is 4.13. The van der Waals surface area contributed by atoms with Crippen molar-refractivity contribution in [1.29, 1.82) is 0 Å². The number of guanidine groups is 1. The van der Waals surface area contributed by atoms with Gasteiger partial charge in [0.15, 0.2) is 5.96 Å². The number of rotatable bonds is 5. The van der Waals surface area contributed by atoms with Gasteiger partial charge in [-0.15, -0.1) is 35.3 Å². The lowest BCUT2D eigenvalue weighted by molar-refractivity contribution is 0.459. The van der Waals surface area contributed by atoms with E-state index in [1.165, 1.54) is 10.4 Å². The normalized spacial score (nSPS) is 16.6. The molecule has 1 aliphatic rings. The monoisotopic (exact) mass is 499 g/mol. The van der Waals surface area contributed by atoms with Crippen LogP contribution in [-0.4, -0.2) is 43.7 Å². The Hall–Kier alpha value is -1.35. The summed E-state index contributed by atoms with van der Waals surface area (Å²) in [5.41, 5.74) is 1.21. The Balaban J connectivity index is 0.00000261. The number of aromatic nitrogens is 1. The van der Waals surface area contributed by atoms with Crippen LogP contribution in [-0.2, 0) is 0 Å². The van der Waals surface area contributed by atoms with E-state index in [-0.39, 0.29) is 24.0 Å². The topological polar surface area (TPSA) is 52.6 Å². The first-order valence-electron chi connectivity index (χ1n) is 9.34. The smallest absolute Gasteiger partial charge is 0.191 e. The van der Waals surface area contributed by atoms with Crippen LogP contribution >= 0.6 is 35.3 Å². The molecule has 0 amide bonds. The number of piperidine rings is 1. The molecule has 1 fully saturated rings. The van der Waals surface area contributed by atoms with Crippen molar-refractivity contribution in [3.05, 3.63) is 46.3 Å². The Kier molecular flexibility index (Phi) is 8.82. The number of hydrogen-bond donors (Lipinski definition) is 2. The summed E-state index contributed by atoms with van der Waals surface area (Å²) in [6.45, 7) is 7.27. The van der Waals surface area contributed by atoms with Gasteiger partial charge in [0.05, 0.1) is 0 Å². The number of nitrogens with one attached hydrogen (secondary N) is 2. The molecule has 0 saturated carbocycles. The van der Waals surface area contributed by atoms with Gasteiger partial charge in [-0.25, -0.2) is 4.98 Å². The summed E-state index contributed by atoms with van der Waals surface area (Å²) in [5, 5.41) is 9.19. The SMILES string of the molecule is CN=C(NCC(C)c1cccs1)NC1CCN(c2ccc(C)cn2)CC1.I. The van der Waals surface area contributed by atoms with Crippen molar-refractivity contribution in [1.82, 2.24) is 15.6 Å². The minimum atomic E-state index is 0. The number of nitrogens with zero attached hydrogens (tertiary/aromatic N) is 3. The molecule has 0 aromatic carbocycles. The minimum Gasteiger partial charge on any atom is -0.356 e. The zero-order valence-corrected chi connectivity index (χ0v) is 19.5. The molecular weight excluding hydrogens is 469 g/mol. The molecule has 148 valence electrons. The molecule has 1 saturated heterocycles. The Morgan fingerprint density at radius 3 is 2.70 bits per heavy atom. The highest BCUT2D eigenvalue weighted by molar-refractivity contribution is 14.0. The molecule has 3 rings (SSSR count). The molecule has 3 heterocycles. The zero-order chi connectivity index (χ0) is 18.4. The largest absolute Gasteiger partial charge is 0.356 e. The Morgan fingerprint density at radius 1 is 1.33 bits per heavy atom. The number of hydrogen-bond acceptors (Lipinski definition) is 4. The number of anilines is 1. The van der Waals surface area contributed by atoms with Gasteiger partial charge in [-0.05, 0) is 42.8 Å². The van der Waals surface area contributed by atoms with Gasteiger partial charge in [0.2, 0.25) is 0 Å². The van der Waals surface area contributed by atoms with Crippen molar-refractivity contribution >= 4 is 47.1 Å². The van der Waals surface area contributed by atoms with Crippen molar-refractivity contribution in [2.45, 2.75) is 38.6 Å². The minimum absolute atomic E-state index is 0. The lowest BCUT2D eigenvalue weighted by atomic mass is 10.1. The van der Waals surface area contributed by atoms with Gasteiger partial charge in [0, 0.05) is 49.7 Å². The molecule has 2 N–H and O–H groups in total. The van der Waals surface area contributed by atoms with Crippen LogP contribution in [0.15, 0.2) is 40.8 Å². The molecule has 5 nitrogen and oxygen atoms in total. The van der Waals surface area contributed by atoms with E-state index in [1.54, 1.807) is 0 Å². The first-order valence-corrected chi connectivity index (χ1v) is 10.2. The van der Waals surface area contributed by atoms with Crippen LogP contribution in [0.3, 0.4) is 0 Å². The Labute approximate surface area is 183 Å². The highest BCUT2D eigenvalue weighted by Crippen LogP contribution is 2.20. The molecular formula is C20H30IN5S. The van der Waals surface area contributed by atoms with E-state index in [4.69, 9.17) is 0 Å². The molecule has 0 spiro atoms. The molecule has 2 aromatic rings. The third-order valence-electron chi connectivity index (χ3n) is 4.88. The summed E-state index contributed by atoms with van der Waals surface area (Å²) >= 11 is 1.81. The molecule has 1 unspecified atom stereocenters. The van der Waals surface area contributed by atoms with Gasteiger partial charge >= 0.3 is 0 Å². The second-order valence-electron chi connectivity index (χ2n) is 6.97. The Bertz CT molecular complexity index is 694. The van der Waals surface area contributed by atoms with E-state index >= 15 is 0 Å². The standard InChI is InChI=1S/C20H29N5S.HI/c1-15-6-7-19(22-13-15)25-10-8-17(9-11-25)24-20(21-3)23-14-16(2)18-5-4-12-26-18;/h4-7,12-13,16-17H,8-11,14H2,1-3H3,(H2,21,23,24);1H. The molecule has 0 radical (unpaired) electrons. The first-order chi connectivity index (χ1) is 12.7. The quantitative estimate of drug-likeness (QED) is 0.371. The van der Waals surface area contributed by atoms with E-state index in [0.29, 0.717) is 12.0 Å². The van der Waals surface area contributed by atoms with Crippen LogP contribution < -0.4 is 15.5 Å². The van der Waals surface area contributed by atoms with Gasteiger partial charge < -0.3 is 15.5 Å². The van der Waals surface area contributed by atoms with Crippen molar-refractivity contribution in [3.63, 3.8) is 0 Å². The lowest BCUT2D eigenvalue weighted by Gasteiger charge is -2.34. The van der Waals surface area contributed by atoms with Crippen molar-refractivity contribution in [2.75, 3.05) is 31.6 Å². The highest BCUT2D eigenvalue weighted by Gasteiger charge is 2.21. The molecule has 1 aliphatic heterocycles. The van der Waals surface area contributed by atoms with Gasteiger partial charge in [-0.1, -0.05) is 19.1 Å². The first kappa shape index (κ1) is 21.9. The van der Waals surface area contributed by atoms with Crippen LogP contribution in [0.1, 0.15) is 36.1 Å². The summed E-state index contributed by atoms with van der Waals surface area (Å²) < 4.78 is 0. The van der Waals surface area contributed by atoms with Crippen LogP contribution in [0.5, 0.6) is 0 Å². The maximum absolute atomic E-state index is 4.55. The van der Waals surface area contributed by atoms with Gasteiger partial charge in [0.25, 0.3) is 0 Å².